The molecule has 0 saturated carbocycles. The van der Waals surface area contributed by atoms with Gasteiger partial charge in [0.2, 0.25) is 0 Å². The third kappa shape index (κ3) is 4.51. The van der Waals surface area contributed by atoms with Gasteiger partial charge in [0.25, 0.3) is 0 Å². The molecule has 0 aliphatic rings. The summed E-state index contributed by atoms with van der Waals surface area (Å²) in [5, 5.41) is 13.2. The Labute approximate surface area is 100 Å². The third-order valence-corrected chi connectivity index (χ3v) is 3.78. The molecule has 0 aliphatic heterocycles. The number of aliphatic hydroxyl groups excluding tert-OH is 1. The fourth-order valence-corrected chi connectivity index (χ4v) is 2.34. The van der Waals surface area contributed by atoms with E-state index >= 15 is 0 Å². The topological polar surface area (TPSA) is 32.3 Å². The molecule has 4 heteroatoms. The monoisotopic (exact) mass is 247 g/mol. The van der Waals surface area contributed by atoms with Gasteiger partial charge < -0.3 is 10.4 Å². The van der Waals surface area contributed by atoms with Crippen molar-refractivity contribution in [2.24, 2.45) is 0 Å². The van der Waals surface area contributed by atoms with Crippen molar-refractivity contribution in [3.05, 3.63) is 21.3 Å². The zero-order chi connectivity index (χ0) is 11.3. The molecule has 0 aromatic carbocycles. The summed E-state index contributed by atoms with van der Waals surface area (Å²) in [5.41, 5.74) is 0. The van der Waals surface area contributed by atoms with Gasteiger partial charge in [0.1, 0.15) is 0 Å². The summed E-state index contributed by atoms with van der Waals surface area (Å²) >= 11 is 7.25. The zero-order valence-electron chi connectivity index (χ0n) is 9.16. The predicted octanol–water partition coefficient (Wildman–Crippen LogP) is 3.21. The average molecular weight is 248 g/mol. The van der Waals surface area contributed by atoms with E-state index in [1.807, 2.05) is 12.1 Å². The Balaban J connectivity index is 2.27. The van der Waals surface area contributed by atoms with Gasteiger partial charge in [-0.25, -0.2) is 0 Å². The normalized spacial score (nSPS) is 15.2. The summed E-state index contributed by atoms with van der Waals surface area (Å²) in [7, 11) is 0. The quantitative estimate of drug-likeness (QED) is 0.809. The second-order valence-electron chi connectivity index (χ2n) is 3.71. The summed E-state index contributed by atoms with van der Waals surface area (Å²) < 4.78 is 0.735. The molecule has 0 fully saturated rings. The summed E-state index contributed by atoms with van der Waals surface area (Å²) in [4.78, 5) is 0.950. The average Bonchev–Trinajstić information content (AvgIpc) is 2.64. The number of nitrogens with one attached hydrogen (secondary N) is 1. The van der Waals surface area contributed by atoms with Gasteiger partial charge in [0, 0.05) is 10.9 Å². The maximum atomic E-state index is 9.83. The number of thiophene rings is 1. The fourth-order valence-electron chi connectivity index (χ4n) is 1.26. The molecule has 1 heterocycles. The second-order valence-corrected chi connectivity index (χ2v) is 5.46. The van der Waals surface area contributed by atoms with Crippen molar-refractivity contribution in [3.63, 3.8) is 0 Å². The zero-order valence-corrected chi connectivity index (χ0v) is 10.7. The van der Waals surface area contributed by atoms with Crippen molar-refractivity contribution in [3.8, 4) is 0 Å². The van der Waals surface area contributed by atoms with Crippen LogP contribution in [0.4, 0.5) is 0 Å². The minimum atomic E-state index is -0.390. The molecule has 2 atom stereocenters. The van der Waals surface area contributed by atoms with E-state index < -0.39 is 0 Å². The maximum absolute atomic E-state index is 9.83. The second kappa shape index (κ2) is 6.48. The van der Waals surface area contributed by atoms with Crippen LogP contribution in [-0.2, 0) is 0 Å². The van der Waals surface area contributed by atoms with Crippen molar-refractivity contribution >= 4 is 22.9 Å². The third-order valence-electron chi connectivity index (χ3n) is 2.45. The summed E-state index contributed by atoms with van der Waals surface area (Å²) in [5.74, 6) is 0. The molecule has 0 amide bonds. The molecular formula is C11H18ClNOS. The van der Waals surface area contributed by atoms with E-state index in [2.05, 4.69) is 19.2 Å². The Bertz CT molecular complexity index is 290. The van der Waals surface area contributed by atoms with Crippen LogP contribution >= 0.6 is 22.9 Å². The van der Waals surface area contributed by atoms with Crippen LogP contribution in [0, 0.1) is 0 Å². The molecule has 2 nitrogen and oxygen atoms in total. The van der Waals surface area contributed by atoms with Gasteiger partial charge in [-0.05, 0) is 38.4 Å². The number of hydrogen-bond acceptors (Lipinski definition) is 3. The highest BCUT2D eigenvalue weighted by atomic mass is 35.5. The number of rotatable bonds is 6. The molecule has 2 N–H and O–H groups in total. The minimum Gasteiger partial charge on any atom is -0.388 e. The van der Waals surface area contributed by atoms with Gasteiger partial charge in [-0.3, -0.25) is 0 Å². The van der Waals surface area contributed by atoms with Gasteiger partial charge >= 0.3 is 0 Å². The van der Waals surface area contributed by atoms with Crippen LogP contribution in [0.3, 0.4) is 0 Å². The first-order chi connectivity index (χ1) is 7.13. The molecule has 0 aliphatic carbocycles. The van der Waals surface area contributed by atoms with Crippen LogP contribution in [0.25, 0.3) is 0 Å². The van der Waals surface area contributed by atoms with Crippen LogP contribution in [-0.4, -0.2) is 17.7 Å². The molecule has 2 unspecified atom stereocenters. The number of halogens is 1. The van der Waals surface area contributed by atoms with Crippen LogP contribution in [0.15, 0.2) is 12.1 Å². The van der Waals surface area contributed by atoms with Crippen molar-refractivity contribution in [1.29, 1.82) is 0 Å². The lowest BCUT2D eigenvalue weighted by atomic mass is 10.2. The first kappa shape index (κ1) is 13.0. The lowest BCUT2D eigenvalue weighted by Gasteiger charge is -2.13. The van der Waals surface area contributed by atoms with E-state index in [0.29, 0.717) is 6.04 Å². The molecular weight excluding hydrogens is 230 g/mol. The van der Waals surface area contributed by atoms with Crippen molar-refractivity contribution < 1.29 is 5.11 Å². The molecule has 0 radical (unpaired) electrons. The Kier molecular flexibility index (Phi) is 5.61. The molecule has 15 heavy (non-hydrogen) atoms. The standard InChI is InChI=1S/C11H18ClNOS/c1-3-8(2)13-7-6-9(14)10-4-5-11(12)15-10/h4-5,8-9,13-14H,3,6-7H2,1-2H3. The van der Waals surface area contributed by atoms with Crippen LogP contribution in [0.1, 0.15) is 37.7 Å². The molecule has 1 rings (SSSR count). The van der Waals surface area contributed by atoms with Crippen molar-refractivity contribution in [2.45, 2.75) is 38.8 Å². The van der Waals surface area contributed by atoms with Crippen molar-refractivity contribution in [1.82, 2.24) is 5.32 Å². The van der Waals surface area contributed by atoms with Gasteiger partial charge in [-0.1, -0.05) is 18.5 Å². The highest BCUT2D eigenvalue weighted by Gasteiger charge is 2.10. The number of aliphatic hydroxyl groups is 1. The van der Waals surface area contributed by atoms with Gasteiger partial charge in [-0.15, -0.1) is 11.3 Å². The molecule has 0 bridgehead atoms. The lowest BCUT2D eigenvalue weighted by Crippen LogP contribution is -2.27. The highest BCUT2D eigenvalue weighted by molar-refractivity contribution is 7.16. The minimum absolute atomic E-state index is 0.390. The Morgan fingerprint density at radius 3 is 2.80 bits per heavy atom. The van der Waals surface area contributed by atoms with Gasteiger partial charge in [-0.2, -0.15) is 0 Å². The number of hydrogen-bond donors (Lipinski definition) is 2. The van der Waals surface area contributed by atoms with E-state index in [9.17, 15) is 5.11 Å². The molecule has 0 spiro atoms. The van der Waals surface area contributed by atoms with E-state index in [1.54, 1.807) is 0 Å². The largest absolute Gasteiger partial charge is 0.388 e. The Hall–Kier alpha value is -0.0900. The summed E-state index contributed by atoms with van der Waals surface area (Å²) in [6.07, 6.45) is 1.46. The smallest absolute Gasteiger partial charge is 0.0932 e. The highest BCUT2D eigenvalue weighted by Crippen LogP contribution is 2.28. The van der Waals surface area contributed by atoms with E-state index in [0.717, 1.165) is 28.6 Å². The first-order valence-corrected chi connectivity index (χ1v) is 6.49. The van der Waals surface area contributed by atoms with Crippen LogP contribution in [0.5, 0.6) is 0 Å². The van der Waals surface area contributed by atoms with Gasteiger partial charge in [0.05, 0.1) is 10.4 Å². The SMILES string of the molecule is CCC(C)NCCC(O)c1ccc(Cl)s1. The van der Waals surface area contributed by atoms with Crippen LogP contribution < -0.4 is 5.32 Å². The maximum Gasteiger partial charge on any atom is 0.0932 e. The first-order valence-electron chi connectivity index (χ1n) is 5.30. The van der Waals surface area contributed by atoms with Gasteiger partial charge in [0.15, 0.2) is 0 Å². The molecule has 1 aromatic heterocycles. The van der Waals surface area contributed by atoms with E-state index in [1.165, 1.54) is 11.3 Å². The summed E-state index contributed by atoms with van der Waals surface area (Å²) in [6, 6.07) is 4.23. The van der Waals surface area contributed by atoms with E-state index in [4.69, 9.17) is 11.6 Å². The molecule has 1 aromatic rings. The molecule has 0 saturated heterocycles. The summed E-state index contributed by atoms with van der Waals surface area (Å²) in [6.45, 7) is 5.13. The van der Waals surface area contributed by atoms with E-state index in [-0.39, 0.29) is 6.10 Å². The predicted molar refractivity (Wildman–Crippen MR) is 66.7 cm³/mol. The molecule has 86 valence electrons. The lowest BCUT2D eigenvalue weighted by molar-refractivity contribution is 0.169. The van der Waals surface area contributed by atoms with Crippen molar-refractivity contribution in [2.75, 3.05) is 6.54 Å². The Morgan fingerprint density at radius 2 is 2.27 bits per heavy atom. The Morgan fingerprint density at radius 1 is 1.53 bits per heavy atom. The van der Waals surface area contributed by atoms with Crippen LogP contribution in [0.2, 0.25) is 4.34 Å². The fraction of sp³-hybridized carbons (Fsp3) is 0.636.